The van der Waals surface area contributed by atoms with E-state index in [2.05, 4.69) is 5.11 Å². The summed E-state index contributed by atoms with van der Waals surface area (Å²) in [7, 11) is 0. The largest absolute Gasteiger partial charge is 0.508 e. The van der Waals surface area contributed by atoms with Gasteiger partial charge < -0.3 is 25.0 Å². The monoisotopic (exact) mass is 305 g/mol. The molecule has 0 atom stereocenters. The van der Waals surface area contributed by atoms with Crippen molar-refractivity contribution < 1.29 is 19.4 Å². The average Bonchev–Trinajstić information content (AvgIpc) is 2.58. The minimum atomic E-state index is -0.243. The Labute approximate surface area is 130 Å². The first-order valence-corrected chi connectivity index (χ1v) is 7.70. The zero-order chi connectivity index (χ0) is 15.6. The molecule has 6 nitrogen and oxygen atoms in total. The molecule has 0 unspecified atom stereocenters. The third-order valence-corrected chi connectivity index (χ3v) is 3.79. The molecule has 1 heterocycles. The predicted molar refractivity (Wildman–Crippen MR) is 80.9 cm³/mol. The van der Waals surface area contributed by atoms with Crippen molar-refractivity contribution in [2.24, 2.45) is 5.92 Å². The maximum absolute atomic E-state index is 12.0. The number of nitrogens with one attached hydrogen (secondary N) is 1. The van der Waals surface area contributed by atoms with Gasteiger partial charge in [-0.15, -0.1) is 0 Å². The molecule has 1 fully saturated rings. The van der Waals surface area contributed by atoms with Crippen LogP contribution in [0.4, 0.5) is 4.79 Å². The maximum atomic E-state index is 12.0. The number of nitrogens with zero attached hydrogens (tertiary/aromatic N) is 2. The van der Waals surface area contributed by atoms with Gasteiger partial charge >= 0.3 is 6.09 Å². The van der Waals surface area contributed by atoms with E-state index in [4.69, 9.17) is 15.0 Å². The van der Waals surface area contributed by atoms with Crippen LogP contribution in [0, 0.1) is 5.92 Å². The maximum Gasteiger partial charge on any atom is 0.410 e. The van der Waals surface area contributed by atoms with Gasteiger partial charge in [0, 0.05) is 19.7 Å². The fourth-order valence-corrected chi connectivity index (χ4v) is 2.46. The van der Waals surface area contributed by atoms with Gasteiger partial charge in [-0.25, -0.2) is 4.79 Å². The van der Waals surface area contributed by atoms with Crippen molar-refractivity contribution >= 4 is 6.09 Å². The Morgan fingerprint density at radius 1 is 1.27 bits per heavy atom. The third kappa shape index (κ3) is 5.44. The normalized spacial score (nSPS) is 15.5. The first kappa shape index (κ1) is 16.4. The Bertz CT molecular complexity index is 459. The second-order valence-electron chi connectivity index (χ2n) is 5.45. The number of hydrogen-bond acceptors (Lipinski definition) is 3. The number of benzene rings is 1. The molecule has 1 amide bonds. The molecule has 0 spiro atoms. The molecule has 120 valence electrons. The van der Waals surface area contributed by atoms with Crippen LogP contribution >= 0.6 is 0 Å². The molecule has 1 aliphatic rings. The summed E-state index contributed by atoms with van der Waals surface area (Å²) in [6.07, 6.45) is 1.60. The van der Waals surface area contributed by atoms with Crippen LogP contribution < -0.4 is 5.11 Å². The summed E-state index contributed by atoms with van der Waals surface area (Å²) in [6.45, 7) is 3.34. The number of carbonyl (C=O) groups is 1. The summed E-state index contributed by atoms with van der Waals surface area (Å²) >= 11 is 0. The topological polar surface area (TPSA) is 75.0 Å². The minimum absolute atomic E-state index is 0.243. The fourth-order valence-electron chi connectivity index (χ4n) is 2.46. The van der Waals surface area contributed by atoms with Gasteiger partial charge in [0.05, 0.1) is 0 Å². The van der Waals surface area contributed by atoms with Gasteiger partial charge in [-0.2, -0.15) is 0 Å². The van der Waals surface area contributed by atoms with Crippen LogP contribution in [0.25, 0.3) is 5.53 Å². The van der Waals surface area contributed by atoms with Crippen LogP contribution in [0.2, 0.25) is 0 Å². The number of ether oxygens (including phenoxy) is 2. The first-order valence-electron chi connectivity index (χ1n) is 7.70. The Morgan fingerprint density at radius 2 is 2.00 bits per heavy atom. The second-order valence-corrected chi connectivity index (χ2v) is 5.45. The van der Waals surface area contributed by atoms with Gasteiger partial charge in [0.1, 0.15) is 13.2 Å². The van der Waals surface area contributed by atoms with Crippen LogP contribution in [0.1, 0.15) is 18.4 Å². The van der Waals surface area contributed by atoms with Crippen molar-refractivity contribution in [3.8, 4) is 0 Å². The Hall–Kier alpha value is -1.95. The number of piperidine rings is 1. The SMILES string of the molecule is [N-]=[NH+]CCOCC1CCN(C(=O)OCc2ccccc2)CC1. The van der Waals surface area contributed by atoms with E-state index in [1.165, 1.54) is 0 Å². The fraction of sp³-hybridized carbons (Fsp3) is 0.562. The van der Waals surface area contributed by atoms with Crippen LogP contribution in [-0.2, 0) is 16.1 Å². The van der Waals surface area contributed by atoms with Gasteiger partial charge in [0.2, 0.25) is 0 Å². The molecular weight excluding hydrogens is 282 g/mol. The van der Waals surface area contributed by atoms with E-state index in [1.54, 1.807) is 4.90 Å². The van der Waals surface area contributed by atoms with Gasteiger partial charge in [-0.05, 0) is 24.3 Å². The Balaban J connectivity index is 1.63. The highest BCUT2D eigenvalue weighted by Crippen LogP contribution is 2.18. The van der Waals surface area contributed by atoms with E-state index >= 15 is 0 Å². The molecule has 6 heteroatoms. The van der Waals surface area contributed by atoms with E-state index in [1.807, 2.05) is 30.3 Å². The lowest BCUT2D eigenvalue weighted by Crippen LogP contribution is -2.64. The van der Waals surface area contributed by atoms with E-state index in [9.17, 15) is 4.79 Å². The summed E-state index contributed by atoms with van der Waals surface area (Å²) in [5.41, 5.74) is 9.44. The standard InChI is InChI=1S/C16H23N3O3/c17-18-8-11-21-12-15-6-9-19(10-7-15)16(20)22-13-14-4-2-1-3-5-14/h1-5,15,18H,6-13H2. The summed E-state index contributed by atoms with van der Waals surface area (Å²) in [4.78, 5) is 13.8. The molecule has 1 aromatic carbocycles. The van der Waals surface area contributed by atoms with E-state index in [-0.39, 0.29) is 6.09 Å². The predicted octanol–water partition coefficient (Wildman–Crippen LogP) is 1.15. The van der Waals surface area contributed by atoms with E-state index < -0.39 is 0 Å². The summed E-state index contributed by atoms with van der Waals surface area (Å²) in [6, 6.07) is 9.69. The highest BCUT2D eigenvalue weighted by molar-refractivity contribution is 5.67. The number of rotatable bonds is 7. The van der Waals surface area contributed by atoms with Gasteiger partial charge in [-0.3, -0.25) is 0 Å². The molecule has 1 aromatic rings. The van der Waals surface area contributed by atoms with Crippen molar-refractivity contribution in [3.63, 3.8) is 0 Å². The Morgan fingerprint density at radius 3 is 2.68 bits per heavy atom. The van der Waals surface area contributed by atoms with Crippen molar-refractivity contribution in [1.82, 2.24) is 4.90 Å². The lowest BCUT2D eigenvalue weighted by molar-refractivity contribution is -0.484. The highest BCUT2D eigenvalue weighted by Gasteiger charge is 2.23. The quantitative estimate of drug-likeness (QED) is 0.606. The lowest BCUT2D eigenvalue weighted by Gasteiger charge is -2.31. The lowest BCUT2D eigenvalue weighted by atomic mass is 9.98. The molecule has 1 saturated heterocycles. The van der Waals surface area contributed by atoms with Crippen molar-refractivity contribution in [1.29, 1.82) is 0 Å². The van der Waals surface area contributed by atoms with Crippen LogP contribution in [-0.4, -0.2) is 43.8 Å². The second kappa shape index (κ2) is 9.15. The molecule has 0 radical (unpaired) electrons. The van der Waals surface area contributed by atoms with Crippen molar-refractivity contribution in [3.05, 3.63) is 41.4 Å². The van der Waals surface area contributed by atoms with Crippen molar-refractivity contribution in [2.75, 3.05) is 32.8 Å². The summed E-state index contributed by atoms with van der Waals surface area (Å²) < 4.78 is 10.8. The molecule has 0 bridgehead atoms. The molecule has 0 aromatic heterocycles. The number of amides is 1. The highest BCUT2D eigenvalue weighted by atomic mass is 16.6. The zero-order valence-electron chi connectivity index (χ0n) is 12.7. The number of hydrogen-bond donors (Lipinski definition) is 1. The Kier molecular flexibility index (Phi) is 6.83. The number of likely N-dealkylation sites (tertiary alicyclic amines) is 1. The minimum Gasteiger partial charge on any atom is -0.508 e. The van der Waals surface area contributed by atoms with Crippen LogP contribution in [0.3, 0.4) is 0 Å². The molecule has 0 aliphatic carbocycles. The number of carbonyl (C=O) groups excluding carboxylic acids is 1. The first-order chi connectivity index (χ1) is 10.8. The van der Waals surface area contributed by atoms with Crippen molar-refractivity contribution in [2.45, 2.75) is 19.4 Å². The van der Waals surface area contributed by atoms with E-state index in [0.29, 0.717) is 45.4 Å². The average molecular weight is 305 g/mol. The zero-order valence-corrected chi connectivity index (χ0v) is 12.7. The van der Waals surface area contributed by atoms with E-state index in [0.717, 1.165) is 18.4 Å². The molecule has 0 saturated carbocycles. The summed E-state index contributed by atoms with van der Waals surface area (Å²) in [5.74, 6) is 0.469. The van der Waals surface area contributed by atoms with Gasteiger partial charge in [-0.1, -0.05) is 30.3 Å². The smallest absolute Gasteiger partial charge is 0.410 e. The molecule has 1 aliphatic heterocycles. The third-order valence-electron chi connectivity index (χ3n) is 3.79. The van der Waals surface area contributed by atoms with Gasteiger partial charge in [0.25, 0.3) is 0 Å². The molecular formula is C16H23N3O3. The molecule has 1 N–H and O–H groups in total. The molecule has 2 rings (SSSR count). The molecule has 22 heavy (non-hydrogen) atoms. The van der Waals surface area contributed by atoms with Crippen LogP contribution in [0.15, 0.2) is 30.3 Å². The van der Waals surface area contributed by atoms with Gasteiger partial charge in [0.15, 0.2) is 6.54 Å². The van der Waals surface area contributed by atoms with Crippen LogP contribution in [0.5, 0.6) is 0 Å². The summed E-state index contributed by atoms with van der Waals surface area (Å²) in [5, 5.41) is 2.06.